The highest BCUT2D eigenvalue weighted by atomic mass is 19.4. The zero-order valence-electron chi connectivity index (χ0n) is 16.2. The topological polar surface area (TPSA) is 70.4 Å². The van der Waals surface area contributed by atoms with E-state index >= 15 is 0 Å². The van der Waals surface area contributed by atoms with Gasteiger partial charge in [0.1, 0.15) is 12.4 Å². The smallest absolute Gasteiger partial charge is 0.405 e. The Kier molecular flexibility index (Phi) is 7.74. The first-order chi connectivity index (χ1) is 13.6. The first kappa shape index (κ1) is 22.8. The normalized spacial score (nSPS) is 15.4. The van der Waals surface area contributed by atoms with E-state index in [0.29, 0.717) is 17.2 Å². The zero-order chi connectivity index (χ0) is 21.5. The van der Waals surface area contributed by atoms with Crippen molar-refractivity contribution < 1.29 is 26.8 Å². The van der Waals surface area contributed by atoms with Crippen LogP contribution in [0.2, 0.25) is 0 Å². The summed E-state index contributed by atoms with van der Waals surface area (Å²) in [6.45, 7) is 6.75. The molecule has 0 aliphatic carbocycles. The van der Waals surface area contributed by atoms with Gasteiger partial charge < -0.3 is 15.1 Å². The van der Waals surface area contributed by atoms with E-state index in [2.05, 4.69) is 29.0 Å². The summed E-state index contributed by atoms with van der Waals surface area (Å²) in [7, 11) is 0. The minimum Gasteiger partial charge on any atom is -0.439 e. The minimum absolute atomic E-state index is 0.00743. The number of nitrogens with zero attached hydrogens (tertiary/aromatic N) is 2. The van der Waals surface area contributed by atoms with Gasteiger partial charge in [0.05, 0.1) is 17.3 Å². The summed E-state index contributed by atoms with van der Waals surface area (Å²) in [4.78, 5) is 16.0. The highest BCUT2D eigenvalue weighted by Crippen LogP contribution is 2.31. The molecule has 0 radical (unpaired) electrons. The van der Waals surface area contributed by atoms with E-state index in [1.54, 1.807) is 24.4 Å². The Morgan fingerprint density at radius 2 is 1.90 bits per heavy atom. The number of hydrogen-bond acceptors (Lipinski definition) is 5. The first-order valence-corrected chi connectivity index (χ1v) is 9.06. The maximum absolute atomic E-state index is 13.8. The second-order valence-corrected chi connectivity index (χ2v) is 6.92. The predicted octanol–water partition coefficient (Wildman–Crippen LogP) is 2.92. The van der Waals surface area contributed by atoms with Crippen LogP contribution in [0, 0.1) is 5.82 Å². The molecule has 0 saturated carbocycles. The van der Waals surface area contributed by atoms with Crippen molar-refractivity contribution >= 4 is 6.41 Å². The lowest BCUT2D eigenvalue weighted by Gasteiger charge is -2.38. The summed E-state index contributed by atoms with van der Waals surface area (Å²) in [6, 6.07) is 6.60. The van der Waals surface area contributed by atoms with Gasteiger partial charge in [0, 0.05) is 26.2 Å². The van der Waals surface area contributed by atoms with Gasteiger partial charge in [-0.2, -0.15) is 13.2 Å². The maximum atomic E-state index is 13.8. The molecule has 0 atom stereocenters. The van der Waals surface area contributed by atoms with Crippen molar-refractivity contribution in [2.45, 2.75) is 25.6 Å². The molecule has 10 heteroatoms. The van der Waals surface area contributed by atoms with Crippen LogP contribution in [0.15, 0.2) is 34.9 Å². The molecule has 1 aromatic heterocycles. The molecule has 1 aromatic carbocycles. The molecule has 0 spiro atoms. The largest absolute Gasteiger partial charge is 0.439 e. The fourth-order valence-corrected chi connectivity index (χ4v) is 2.86. The van der Waals surface area contributed by atoms with E-state index in [-0.39, 0.29) is 17.8 Å². The van der Waals surface area contributed by atoms with Crippen molar-refractivity contribution in [1.29, 1.82) is 0 Å². The van der Waals surface area contributed by atoms with Crippen LogP contribution in [-0.4, -0.2) is 55.2 Å². The van der Waals surface area contributed by atoms with E-state index < -0.39 is 12.7 Å². The molecular weight excluding hydrogens is 392 g/mol. The zero-order valence-corrected chi connectivity index (χ0v) is 16.2. The van der Waals surface area contributed by atoms with Gasteiger partial charge in [0.25, 0.3) is 0 Å². The summed E-state index contributed by atoms with van der Waals surface area (Å²) >= 11 is 0. The van der Waals surface area contributed by atoms with Gasteiger partial charge in [-0.1, -0.05) is 12.1 Å². The van der Waals surface area contributed by atoms with E-state index in [9.17, 15) is 22.4 Å². The Morgan fingerprint density at radius 3 is 2.45 bits per heavy atom. The van der Waals surface area contributed by atoms with Crippen LogP contribution in [-0.2, 0) is 10.3 Å². The van der Waals surface area contributed by atoms with E-state index in [4.69, 9.17) is 4.42 Å². The van der Waals surface area contributed by atoms with Crippen LogP contribution in [0.5, 0.6) is 0 Å². The average Bonchev–Trinajstić information content (AvgIpc) is 3.18. The molecule has 1 amide bonds. The Labute approximate surface area is 166 Å². The molecule has 6 nitrogen and oxygen atoms in total. The number of aromatic nitrogens is 1. The molecule has 29 heavy (non-hydrogen) atoms. The molecule has 0 unspecified atom stereocenters. The molecular formula is C19H24F4N4O2. The third-order valence-electron chi connectivity index (χ3n) is 4.46. The quantitative estimate of drug-likeness (QED) is 0.580. The summed E-state index contributed by atoms with van der Waals surface area (Å²) in [5, 5.41) is 4.82. The number of halogens is 4. The predicted molar refractivity (Wildman–Crippen MR) is 99.5 cm³/mol. The van der Waals surface area contributed by atoms with Crippen molar-refractivity contribution in [2.75, 3.05) is 32.7 Å². The molecule has 1 aliphatic rings. The number of hydrogen-bond donors (Lipinski definition) is 2. The number of benzene rings is 1. The van der Waals surface area contributed by atoms with Gasteiger partial charge in [-0.3, -0.25) is 9.69 Å². The Hall–Kier alpha value is -2.46. The van der Waals surface area contributed by atoms with Gasteiger partial charge in [0.15, 0.2) is 5.76 Å². The second-order valence-electron chi connectivity index (χ2n) is 6.92. The van der Waals surface area contributed by atoms with E-state index in [1.807, 2.05) is 0 Å². The molecule has 0 bridgehead atoms. The third-order valence-corrected chi connectivity index (χ3v) is 4.46. The Bertz CT molecular complexity index is 787. The minimum atomic E-state index is -4.29. The fourth-order valence-electron chi connectivity index (χ4n) is 2.86. The molecule has 1 fully saturated rings. The molecule has 1 saturated heterocycles. The van der Waals surface area contributed by atoms with Crippen LogP contribution in [0.3, 0.4) is 0 Å². The SMILES string of the molecule is CC(C)(c1ncc(-c2ccccc2F)o1)N1CCNCC1.O=CNCC(F)(F)F. The van der Waals surface area contributed by atoms with Crippen molar-refractivity contribution in [3.05, 3.63) is 42.2 Å². The van der Waals surface area contributed by atoms with Gasteiger partial charge in [-0.25, -0.2) is 9.37 Å². The van der Waals surface area contributed by atoms with Crippen molar-refractivity contribution in [3.8, 4) is 11.3 Å². The van der Waals surface area contributed by atoms with Crippen LogP contribution in [0.1, 0.15) is 19.7 Å². The highest BCUT2D eigenvalue weighted by molar-refractivity contribution is 5.57. The Balaban J connectivity index is 0.000000321. The highest BCUT2D eigenvalue weighted by Gasteiger charge is 2.34. The second kappa shape index (κ2) is 9.84. The van der Waals surface area contributed by atoms with Crippen LogP contribution in [0.25, 0.3) is 11.3 Å². The summed E-state index contributed by atoms with van der Waals surface area (Å²) < 4.78 is 52.7. The molecule has 160 valence electrons. The summed E-state index contributed by atoms with van der Waals surface area (Å²) in [6.07, 6.45) is -2.67. The number of amides is 1. The number of nitrogens with one attached hydrogen (secondary N) is 2. The van der Waals surface area contributed by atoms with Gasteiger partial charge in [-0.05, 0) is 26.0 Å². The van der Waals surface area contributed by atoms with Gasteiger partial charge in [0.2, 0.25) is 12.3 Å². The van der Waals surface area contributed by atoms with Gasteiger partial charge >= 0.3 is 6.18 Å². The van der Waals surface area contributed by atoms with E-state index in [1.165, 1.54) is 11.4 Å². The molecule has 2 aromatic rings. The average molecular weight is 416 g/mol. The Morgan fingerprint density at radius 1 is 1.24 bits per heavy atom. The molecule has 1 aliphatic heterocycles. The number of carbonyl (C=O) groups excluding carboxylic acids is 1. The van der Waals surface area contributed by atoms with Gasteiger partial charge in [-0.15, -0.1) is 0 Å². The summed E-state index contributed by atoms with van der Waals surface area (Å²) in [5.74, 6) is 0.814. The van der Waals surface area contributed by atoms with Crippen LogP contribution >= 0.6 is 0 Å². The van der Waals surface area contributed by atoms with Crippen LogP contribution < -0.4 is 10.6 Å². The fraction of sp³-hybridized carbons (Fsp3) is 0.474. The number of alkyl halides is 3. The van der Waals surface area contributed by atoms with Crippen molar-refractivity contribution in [1.82, 2.24) is 20.5 Å². The van der Waals surface area contributed by atoms with E-state index in [0.717, 1.165) is 26.2 Å². The van der Waals surface area contributed by atoms with Crippen LogP contribution in [0.4, 0.5) is 17.6 Å². The number of oxazole rings is 1. The molecule has 2 N–H and O–H groups in total. The monoisotopic (exact) mass is 416 g/mol. The summed E-state index contributed by atoms with van der Waals surface area (Å²) in [5.41, 5.74) is 0.151. The number of rotatable bonds is 5. The van der Waals surface area contributed by atoms with Crippen molar-refractivity contribution in [3.63, 3.8) is 0 Å². The standard InChI is InChI=1S/C16H20FN3O.C3H4F3NO/c1-16(2,20-9-7-18-8-10-20)15-19-11-14(21-15)12-5-3-4-6-13(12)17;4-3(5,6)1-7-2-8/h3-6,11,18H,7-10H2,1-2H3;2H,1H2,(H,7,8). The number of piperazine rings is 1. The number of carbonyl (C=O) groups is 1. The lowest BCUT2D eigenvalue weighted by Crippen LogP contribution is -2.51. The lowest BCUT2D eigenvalue weighted by atomic mass is 10.0. The lowest BCUT2D eigenvalue weighted by molar-refractivity contribution is -0.132. The first-order valence-electron chi connectivity index (χ1n) is 9.06. The third kappa shape index (κ3) is 6.53. The molecule has 2 heterocycles. The molecule has 3 rings (SSSR count). The van der Waals surface area contributed by atoms with Crippen molar-refractivity contribution in [2.24, 2.45) is 0 Å². The maximum Gasteiger partial charge on any atom is 0.405 e.